The van der Waals surface area contributed by atoms with Crippen molar-refractivity contribution in [1.82, 2.24) is 10.2 Å². The smallest absolute Gasteiger partial charge is 0.134 e. The van der Waals surface area contributed by atoms with Crippen LogP contribution >= 0.6 is 11.3 Å². The molecule has 0 saturated carbocycles. The van der Waals surface area contributed by atoms with Crippen molar-refractivity contribution in [2.75, 3.05) is 26.7 Å². The van der Waals surface area contributed by atoms with Crippen LogP contribution < -0.4 is 10.1 Å². The van der Waals surface area contributed by atoms with Crippen LogP contribution in [-0.4, -0.2) is 36.7 Å². The van der Waals surface area contributed by atoms with Gasteiger partial charge in [0.15, 0.2) is 0 Å². The van der Waals surface area contributed by atoms with E-state index in [4.69, 9.17) is 4.74 Å². The summed E-state index contributed by atoms with van der Waals surface area (Å²) in [5, 5.41) is 15.1. The maximum Gasteiger partial charge on any atom is 0.134 e. The SMILES string of the molecule is CNCCC(Oc1cccc(CN2CCC(c3cccc(O)c3)CC2)c1)c1cccs1. The van der Waals surface area contributed by atoms with Crippen molar-refractivity contribution >= 4 is 11.3 Å². The molecule has 3 aromatic rings. The van der Waals surface area contributed by atoms with Crippen LogP contribution in [0.4, 0.5) is 0 Å². The van der Waals surface area contributed by atoms with Crippen molar-refractivity contribution in [2.45, 2.75) is 37.8 Å². The largest absolute Gasteiger partial charge is 0.508 e. The molecule has 1 aromatic heterocycles. The lowest BCUT2D eigenvalue weighted by atomic mass is 9.89. The predicted octanol–water partition coefficient (Wildman–Crippen LogP) is 5.56. The van der Waals surface area contributed by atoms with Gasteiger partial charge in [0.05, 0.1) is 0 Å². The Hall–Kier alpha value is -2.34. The average Bonchev–Trinajstić information content (AvgIpc) is 3.32. The molecule has 0 radical (unpaired) electrons. The first kappa shape index (κ1) is 21.9. The van der Waals surface area contributed by atoms with E-state index in [1.807, 2.05) is 19.2 Å². The molecule has 0 amide bonds. The molecule has 2 N–H and O–H groups in total. The van der Waals surface area contributed by atoms with Gasteiger partial charge < -0.3 is 15.2 Å². The van der Waals surface area contributed by atoms with Gasteiger partial charge >= 0.3 is 0 Å². The predicted molar refractivity (Wildman–Crippen MR) is 128 cm³/mol. The fourth-order valence-corrected chi connectivity index (χ4v) is 5.14. The number of likely N-dealkylation sites (tertiary alicyclic amines) is 1. The zero-order valence-corrected chi connectivity index (χ0v) is 19.0. The highest BCUT2D eigenvalue weighted by molar-refractivity contribution is 7.10. The summed E-state index contributed by atoms with van der Waals surface area (Å²) < 4.78 is 6.41. The van der Waals surface area contributed by atoms with E-state index in [1.54, 1.807) is 17.4 Å². The molecule has 4 rings (SSSR count). The second kappa shape index (κ2) is 10.8. The van der Waals surface area contributed by atoms with Crippen molar-refractivity contribution in [3.63, 3.8) is 0 Å². The Morgan fingerprint density at radius 1 is 1.10 bits per heavy atom. The number of nitrogens with one attached hydrogen (secondary N) is 1. The Labute approximate surface area is 189 Å². The number of rotatable bonds is 9. The highest BCUT2D eigenvalue weighted by Crippen LogP contribution is 2.31. The first-order valence-corrected chi connectivity index (χ1v) is 12.0. The first-order chi connectivity index (χ1) is 15.2. The Kier molecular flexibility index (Phi) is 7.62. The Morgan fingerprint density at radius 2 is 1.94 bits per heavy atom. The van der Waals surface area contributed by atoms with E-state index in [1.165, 1.54) is 16.0 Å². The summed E-state index contributed by atoms with van der Waals surface area (Å²) >= 11 is 1.76. The Morgan fingerprint density at radius 3 is 2.68 bits per heavy atom. The fourth-order valence-electron chi connectivity index (χ4n) is 4.35. The summed E-state index contributed by atoms with van der Waals surface area (Å²) in [7, 11) is 1.98. The number of phenolic OH excluding ortho intramolecular Hbond substituents is 1. The quantitative estimate of drug-likeness (QED) is 0.461. The first-order valence-electron chi connectivity index (χ1n) is 11.2. The number of thiophene rings is 1. The van der Waals surface area contributed by atoms with Crippen LogP contribution in [-0.2, 0) is 6.54 Å². The number of benzene rings is 2. The van der Waals surface area contributed by atoms with Gasteiger partial charge in [-0.25, -0.2) is 0 Å². The van der Waals surface area contributed by atoms with Crippen LogP contribution in [0.2, 0.25) is 0 Å². The molecule has 1 aliphatic rings. The molecule has 0 bridgehead atoms. The van der Waals surface area contributed by atoms with E-state index in [9.17, 15) is 5.11 Å². The molecule has 0 spiro atoms. The molecule has 1 unspecified atom stereocenters. The van der Waals surface area contributed by atoms with Gasteiger partial charge in [0.2, 0.25) is 0 Å². The normalized spacial score (nSPS) is 16.3. The maximum absolute atomic E-state index is 9.76. The molecule has 4 nitrogen and oxygen atoms in total. The summed E-state index contributed by atoms with van der Waals surface area (Å²) in [5.74, 6) is 1.85. The lowest BCUT2D eigenvalue weighted by molar-refractivity contribution is 0.195. The van der Waals surface area contributed by atoms with E-state index in [2.05, 4.69) is 58.1 Å². The van der Waals surface area contributed by atoms with Gasteiger partial charge in [-0.1, -0.05) is 30.3 Å². The highest BCUT2D eigenvalue weighted by Gasteiger charge is 2.21. The third-order valence-corrected chi connectivity index (χ3v) is 6.99. The summed E-state index contributed by atoms with van der Waals surface area (Å²) in [6.45, 7) is 4.03. The van der Waals surface area contributed by atoms with Gasteiger partial charge in [-0.15, -0.1) is 11.3 Å². The van der Waals surface area contributed by atoms with E-state index in [-0.39, 0.29) is 6.10 Å². The van der Waals surface area contributed by atoms with Crippen molar-refractivity contribution < 1.29 is 9.84 Å². The van der Waals surface area contributed by atoms with Gasteiger partial charge in [-0.3, -0.25) is 4.90 Å². The van der Waals surface area contributed by atoms with Gasteiger partial charge in [0, 0.05) is 17.8 Å². The molecule has 1 fully saturated rings. The highest BCUT2D eigenvalue weighted by atomic mass is 32.1. The molecule has 2 heterocycles. The molecular weight excluding hydrogens is 404 g/mol. The van der Waals surface area contributed by atoms with Gasteiger partial charge in [-0.05, 0) is 92.3 Å². The fraction of sp³-hybridized carbons (Fsp3) is 0.385. The van der Waals surface area contributed by atoms with E-state index < -0.39 is 0 Å². The molecule has 1 atom stereocenters. The van der Waals surface area contributed by atoms with Crippen molar-refractivity contribution in [1.29, 1.82) is 0 Å². The van der Waals surface area contributed by atoms with Gasteiger partial charge in [-0.2, -0.15) is 0 Å². The monoisotopic (exact) mass is 436 g/mol. The van der Waals surface area contributed by atoms with Crippen molar-refractivity contribution in [2.24, 2.45) is 0 Å². The number of nitrogens with zero attached hydrogens (tertiary/aromatic N) is 1. The standard InChI is InChI=1S/C26H32N2O2S/c1-27-13-10-25(26-9-4-16-31-26)30-24-8-2-5-20(17-24)19-28-14-11-21(12-15-28)22-6-3-7-23(29)18-22/h2-9,16-18,21,25,27,29H,10-15,19H2,1H3. The van der Waals surface area contributed by atoms with Crippen molar-refractivity contribution in [3.05, 3.63) is 82.0 Å². The molecule has 5 heteroatoms. The number of phenols is 1. The molecule has 164 valence electrons. The number of aromatic hydroxyl groups is 1. The minimum atomic E-state index is 0.0840. The van der Waals surface area contributed by atoms with Crippen LogP contribution in [0.5, 0.6) is 11.5 Å². The molecule has 0 aliphatic carbocycles. The lowest BCUT2D eigenvalue weighted by Crippen LogP contribution is -2.32. The van der Waals surface area contributed by atoms with Crippen LogP contribution in [0, 0.1) is 0 Å². The third kappa shape index (κ3) is 6.10. The molecule has 31 heavy (non-hydrogen) atoms. The molecular formula is C26H32N2O2S. The molecule has 1 aliphatic heterocycles. The third-order valence-electron chi connectivity index (χ3n) is 6.03. The van der Waals surface area contributed by atoms with Crippen LogP contribution in [0.3, 0.4) is 0 Å². The van der Waals surface area contributed by atoms with Crippen LogP contribution in [0.25, 0.3) is 0 Å². The number of ether oxygens (including phenoxy) is 1. The van der Waals surface area contributed by atoms with E-state index >= 15 is 0 Å². The lowest BCUT2D eigenvalue weighted by Gasteiger charge is -2.32. The number of piperidine rings is 1. The van der Waals surface area contributed by atoms with Gasteiger partial charge in [0.1, 0.15) is 17.6 Å². The summed E-state index contributed by atoms with van der Waals surface area (Å²) in [5.41, 5.74) is 2.56. The second-order valence-electron chi connectivity index (χ2n) is 8.31. The topological polar surface area (TPSA) is 44.7 Å². The maximum atomic E-state index is 9.76. The summed E-state index contributed by atoms with van der Waals surface area (Å²) in [6.07, 6.45) is 3.29. The zero-order chi connectivity index (χ0) is 21.5. The minimum Gasteiger partial charge on any atom is -0.508 e. The zero-order valence-electron chi connectivity index (χ0n) is 18.2. The Bertz CT molecular complexity index is 936. The van der Waals surface area contributed by atoms with Crippen LogP contribution in [0.1, 0.15) is 47.3 Å². The average molecular weight is 437 g/mol. The molecule has 1 saturated heterocycles. The second-order valence-corrected chi connectivity index (χ2v) is 9.29. The van der Waals surface area contributed by atoms with E-state index in [0.29, 0.717) is 11.7 Å². The van der Waals surface area contributed by atoms with Crippen molar-refractivity contribution in [3.8, 4) is 11.5 Å². The summed E-state index contributed by atoms with van der Waals surface area (Å²) in [6, 6.07) is 20.6. The number of hydrogen-bond donors (Lipinski definition) is 2. The van der Waals surface area contributed by atoms with E-state index in [0.717, 1.165) is 51.2 Å². The summed E-state index contributed by atoms with van der Waals surface area (Å²) in [4.78, 5) is 3.80. The van der Waals surface area contributed by atoms with Gasteiger partial charge in [0.25, 0.3) is 0 Å². The number of hydrogen-bond acceptors (Lipinski definition) is 5. The Balaban J connectivity index is 1.34. The molecule has 2 aromatic carbocycles. The van der Waals surface area contributed by atoms with Crippen LogP contribution in [0.15, 0.2) is 66.0 Å². The minimum absolute atomic E-state index is 0.0840.